The molecular formula is C23H20Cl2N2O2. The van der Waals surface area contributed by atoms with Crippen molar-refractivity contribution in [2.45, 2.75) is 31.5 Å². The number of carboxylic acids is 1. The first kappa shape index (κ1) is 19.9. The van der Waals surface area contributed by atoms with Gasteiger partial charge in [0.1, 0.15) is 6.04 Å². The van der Waals surface area contributed by atoms with E-state index in [9.17, 15) is 9.90 Å². The average molecular weight is 427 g/mol. The molecule has 0 unspecified atom stereocenters. The molecule has 148 valence electrons. The molecular weight excluding hydrogens is 407 g/mol. The van der Waals surface area contributed by atoms with Gasteiger partial charge >= 0.3 is 5.97 Å². The highest BCUT2D eigenvalue weighted by Gasteiger charge is 2.39. The van der Waals surface area contributed by atoms with Crippen LogP contribution in [0.15, 0.2) is 66.9 Å². The molecule has 1 aliphatic heterocycles. The van der Waals surface area contributed by atoms with Crippen LogP contribution in [0, 0.1) is 0 Å². The van der Waals surface area contributed by atoms with E-state index < -0.39 is 12.0 Å². The van der Waals surface area contributed by atoms with Crippen molar-refractivity contribution in [2.24, 2.45) is 0 Å². The van der Waals surface area contributed by atoms with Crippen LogP contribution in [0.2, 0.25) is 10.0 Å². The molecule has 2 heterocycles. The van der Waals surface area contributed by atoms with E-state index in [-0.39, 0.29) is 6.04 Å². The Bertz CT molecular complexity index is 1020. The first-order valence-corrected chi connectivity index (χ1v) is 10.2. The fraction of sp³-hybridized carbons (Fsp3) is 0.217. The van der Waals surface area contributed by atoms with Crippen LogP contribution in [0.4, 0.5) is 0 Å². The Morgan fingerprint density at radius 2 is 1.72 bits per heavy atom. The minimum Gasteiger partial charge on any atom is -0.480 e. The SMILES string of the molecule is O=C(O)[C@@H]1CC[C@H](c2ccccc2Cl)N1Cc1ccc(-c2ccccc2Cl)nc1. The summed E-state index contributed by atoms with van der Waals surface area (Å²) in [6.07, 6.45) is 3.14. The third kappa shape index (κ3) is 4.15. The molecule has 1 aromatic heterocycles. The summed E-state index contributed by atoms with van der Waals surface area (Å²) in [6.45, 7) is 0.489. The number of halogens is 2. The van der Waals surface area contributed by atoms with Crippen molar-refractivity contribution in [3.8, 4) is 11.3 Å². The topological polar surface area (TPSA) is 53.4 Å². The zero-order valence-electron chi connectivity index (χ0n) is 15.6. The minimum atomic E-state index is -0.805. The Labute approximate surface area is 179 Å². The van der Waals surface area contributed by atoms with E-state index in [2.05, 4.69) is 4.98 Å². The molecule has 1 saturated heterocycles. The largest absolute Gasteiger partial charge is 0.480 e. The van der Waals surface area contributed by atoms with Crippen LogP contribution in [0.1, 0.15) is 30.0 Å². The lowest BCUT2D eigenvalue weighted by atomic mass is 10.0. The van der Waals surface area contributed by atoms with Gasteiger partial charge in [-0.15, -0.1) is 0 Å². The molecule has 0 aliphatic carbocycles. The number of carboxylic acid groups (broad SMARTS) is 1. The van der Waals surface area contributed by atoms with Crippen LogP contribution >= 0.6 is 23.2 Å². The zero-order valence-corrected chi connectivity index (χ0v) is 17.1. The number of carbonyl (C=O) groups is 1. The Kier molecular flexibility index (Phi) is 5.86. The standard InChI is InChI=1S/C23H20Cl2N2O2/c24-18-7-3-1-5-16(18)20-10-9-15(13-26-20)14-27-21(11-12-22(27)23(28)29)17-6-2-4-8-19(17)25/h1-10,13,21-22H,11-12,14H2,(H,28,29)/t21-,22+/m1/s1. The van der Waals surface area contributed by atoms with Crippen LogP contribution in [-0.2, 0) is 11.3 Å². The van der Waals surface area contributed by atoms with Crippen LogP contribution in [0.3, 0.4) is 0 Å². The van der Waals surface area contributed by atoms with E-state index >= 15 is 0 Å². The van der Waals surface area contributed by atoms with Crippen LogP contribution in [-0.4, -0.2) is 27.0 Å². The van der Waals surface area contributed by atoms with Gasteiger partial charge in [0.05, 0.1) is 5.69 Å². The second-order valence-corrected chi connectivity index (χ2v) is 7.99. The quantitative estimate of drug-likeness (QED) is 0.555. The number of aromatic nitrogens is 1. The molecule has 0 bridgehead atoms. The number of aliphatic carboxylic acids is 1. The summed E-state index contributed by atoms with van der Waals surface area (Å²) in [5, 5.41) is 11.0. The maximum absolute atomic E-state index is 11.8. The van der Waals surface area contributed by atoms with Gasteiger partial charge < -0.3 is 5.11 Å². The minimum absolute atomic E-state index is 0.0342. The number of hydrogen-bond donors (Lipinski definition) is 1. The van der Waals surface area contributed by atoms with Gasteiger partial charge in [0, 0.05) is 34.4 Å². The maximum Gasteiger partial charge on any atom is 0.320 e. The number of rotatable bonds is 5. The van der Waals surface area contributed by atoms with Gasteiger partial charge in [0.2, 0.25) is 0 Å². The number of nitrogens with zero attached hydrogens (tertiary/aromatic N) is 2. The summed E-state index contributed by atoms with van der Waals surface area (Å²) in [6, 6.07) is 18.5. The number of hydrogen-bond acceptors (Lipinski definition) is 3. The third-order valence-electron chi connectivity index (χ3n) is 5.40. The first-order chi connectivity index (χ1) is 14.0. The molecule has 4 nitrogen and oxygen atoms in total. The molecule has 0 spiro atoms. The number of likely N-dealkylation sites (tertiary alicyclic amines) is 1. The summed E-state index contributed by atoms with van der Waals surface area (Å²) in [5.74, 6) is -0.805. The molecule has 1 aliphatic rings. The summed E-state index contributed by atoms with van der Waals surface area (Å²) in [4.78, 5) is 18.4. The molecule has 0 saturated carbocycles. The normalized spacial score (nSPS) is 19.4. The molecule has 1 N–H and O–H groups in total. The second-order valence-electron chi connectivity index (χ2n) is 7.17. The van der Waals surface area contributed by atoms with Crippen LogP contribution in [0.5, 0.6) is 0 Å². The van der Waals surface area contributed by atoms with Gasteiger partial charge in [-0.25, -0.2) is 0 Å². The van der Waals surface area contributed by atoms with Crippen molar-refractivity contribution >= 4 is 29.2 Å². The van der Waals surface area contributed by atoms with Crippen molar-refractivity contribution in [3.63, 3.8) is 0 Å². The van der Waals surface area contributed by atoms with Gasteiger partial charge in [0.25, 0.3) is 0 Å². The Balaban J connectivity index is 1.60. The zero-order chi connectivity index (χ0) is 20.4. The molecule has 1 fully saturated rings. The highest BCUT2D eigenvalue weighted by molar-refractivity contribution is 6.33. The lowest BCUT2D eigenvalue weighted by Crippen LogP contribution is -2.37. The van der Waals surface area contributed by atoms with Gasteiger partial charge in [0.15, 0.2) is 0 Å². The summed E-state index contributed by atoms with van der Waals surface area (Å²) in [5.41, 5.74) is 3.59. The van der Waals surface area contributed by atoms with E-state index in [4.69, 9.17) is 23.2 Å². The number of pyridine rings is 1. The fourth-order valence-corrected chi connectivity index (χ4v) is 4.48. The fourth-order valence-electron chi connectivity index (χ4n) is 3.99. The lowest BCUT2D eigenvalue weighted by molar-refractivity contribution is -0.142. The molecule has 2 aromatic carbocycles. The van der Waals surface area contributed by atoms with Crippen LogP contribution < -0.4 is 0 Å². The molecule has 4 rings (SSSR count). The average Bonchev–Trinajstić information content (AvgIpc) is 3.13. The molecule has 3 aromatic rings. The summed E-state index contributed by atoms with van der Waals surface area (Å²) in [7, 11) is 0. The lowest BCUT2D eigenvalue weighted by Gasteiger charge is -2.29. The molecule has 0 radical (unpaired) electrons. The van der Waals surface area contributed by atoms with Crippen molar-refractivity contribution in [1.29, 1.82) is 0 Å². The first-order valence-electron chi connectivity index (χ1n) is 9.47. The van der Waals surface area contributed by atoms with Gasteiger partial charge in [-0.1, -0.05) is 65.7 Å². The van der Waals surface area contributed by atoms with Gasteiger partial charge in [-0.05, 0) is 42.2 Å². The van der Waals surface area contributed by atoms with Gasteiger partial charge in [-0.3, -0.25) is 14.7 Å². The van der Waals surface area contributed by atoms with Crippen molar-refractivity contribution < 1.29 is 9.90 Å². The van der Waals surface area contributed by atoms with E-state index in [0.717, 1.165) is 28.8 Å². The highest BCUT2D eigenvalue weighted by atomic mass is 35.5. The molecule has 29 heavy (non-hydrogen) atoms. The van der Waals surface area contributed by atoms with E-state index in [0.29, 0.717) is 23.0 Å². The smallest absolute Gasteiger partial charge is 0.320 e. The van der Waals surface area contributed by atoms with E-state index in [1.54, 1.807) is 6.20 Å². The summed E-state index contributed by atoms with van der Waals surface area (Å²) < 4.78 is 0. The second kappa shape index (κ2) is 8.54. The monoisotopic (exact) mass is 426 g/mol. The Morgan fingerprint density at radius 3 is 2.38 bits per heavy atom. The van der Waals surface area contributed by atoms with Crippen LogP contribution in [0.25, 0.3) is 11.3 Å². The van der Waals surface area contributed by atoms with Crippen molar-refractivity contribution in [3.05, 3.63) is 88.0 Å². The van der Waals surface area contributed by atoms with E-state index in [1.807, 2.05) is 65.6 Å². The third-order valence-corrected chi connectivity index (χ3v) is 6.08. The number of benzene rings is 2. The predicted octanol–water partition coefficient (Wildman–Crippen LogP) is 5.85. The molecule has 6 heteroatoms. The Hall–Kier alpha value is -2.40. The molecule has 2 atom stereocenters. The maximum atomic E-state index is 11.8. The highest BCUT2D eigenvalue weighted by Crippen LogP contribution is 2.40. The van der Waals surface area contributed by atoms with E-state index in [1.165, 1.54) is 0 Å². The van der Waals surface area contributed by atoms with Crippen molar-refractivity contribution in [2.75, 3.05) is 0 Å². The molecule has 0 amide bonds. The van der Waals surface area contributed by atoms with Gasteiger partial charge in [-0.2, -0.15) is 0 Å². The van der Waals surface area contributed by atoms with Crippen molar-refractivity contribution in [1.82, 2.24) is 9.88 Å². The Morgan fingerprint density at radius 1 is 1.00 bits per heavy atom. The predicted molar refractivity (Wildman–Crippen MR) is 115 cm³/mol. The summed E-state index contributed by atoms with van der Waals surface area (Å²) >= 11 is 12.7.